The first-order valence-corrected chi connectivity index (χ1v) is 6.63. The van der Waals surface area contributed by atoms with E-state index in [1.165, 1.54) is 31.2 Å². The Morgan fingerprint density at radius 3 is 3.00 bits per heavy atom. The zero-order chi connectivity index (χ0) is 11.9. The lowest BCUT2D eigenvalue weighted by molar-refractivity contribution is 0.153. The number of aliphatic hydroxyl groups excluding tert-OH is 1. The van der Waals surface area contributed by atoms with E-state index < -0.39 is 0 Å². The average molecular weight is 234 g/mol. The lowest BCUT2D eigenvalue weighted by Gasteiger charge is -2.31. The SMILES string of the molecule is OCC1CCCCC1NCCc1cccnc1. The van der Waals surface area contributed by atoms with Crippen molar-refractivity contribution >= 4 is 0 Å². The van der Waals surface area contributed by atoms with Crippen LogP contribution in [0.2, 0.25) is 0 Å². The van der Waals surface area contributed by atoms with Crippen LogP contribution >= 0.6 is 0 Å². The van der Waals surface area contributed by atoms with E-state index in [4.69, 9.17) is 0 Å². The molecule has 0 amide bonds. The van der Waals surface area contributed by atoms with Gasteiger partial charge in [0.25, 0.3) is 0 Å². The zero-order valence-electron chi connectivity index (χ0n) is 10.3. The molecule has 2 rings (SSSR count). The van der Waals surface area contributed by atoms with Gasteiger partial charge in [0.2, 0.25) is 0 Å². The van der Waals surface area contributed by atoms with Crippen LogP contribution < -0.4 is 5.32 Å². The van der Waals surface area contributed by atoms with Crippen molar-refractivity contribution in [1.82, 2.24) is 10.3 Å². The second-order valence-corrected chi connectivity index (χ2v) is 4.90. The highest BCUT2D eigenvalue weighted by Crippen LogP contribution is 2.23. The van der Waals surface area contributed by atoms with E-state index >= 15 is 0 Å². The van der Waals surface area contributed by atoms with Gasteiger partial charge in [-0.25, -0.2) is 0 Å². The zero-order valence-corrected chi connectivity index (χ0v) is 10.3. The Morgan fingerprint density at radius 1 is 1.35 bits per heavy atom. The smallest absolute Gasteiger partial charge is 0.0474 e. The van der Waals surface area contributed by atoms with Crippen molar-refractivity contribution in [2.24, 2.45) is 5.92 Å². The minimum atomic E-state index is 0.324. The average Bonchev–Trinajstić information content (AvgIpc) is 2.40. The van der Waals surface area contributed by atoms with Gasteiger partial charge in [-0.1, -0.05) is 18.9 Å². The van der Waals surface area contributed by atoms with E-state index in [0.717, 1.165) is 13.0 Å². The standard InChI is InChI=1S/C14H22N2O/c17-11-13-5-1-2-6-14(13)16-9-7-12-4-3-8-15-10-12/h3-4,8,10,13-14,16-17H,1-2,5-7,9,11H2. The van der Waals surface area contributed by atoms with Crippen LogP contribution in [-0.2, 0) is 6.42 Å². The summed E-state index contributed by atoms with van der Waals surface area (Å²) < 4.78 is 0. The molecular weight excluding hydrogens is 212 g/mol. The molecule has 3 heteroatoms. The van der Waals surface area contributed by atoms with Gasteiger partial charge in [-0.05, 0) is 43.4 Å². The Balaban J connectivity index is 1.74. The third-order valence-corrected chi connectivity index (χ3v) is 3.69. The van der Waals surface area contributed by atoms with Gasteiger partial charge in [0, 0.05) is 25.0 Å². The molecule has 2 N–H and O–H groups in total. The predicted molar refractivity (Wildman–Crippen MR) is 68.8 cm³/mol. The molecule has 0 bridgehead atoms. The summed E-state index contributed by atoms with van der Waals surface area (Å²) >= 11 is 0. The molecule has 2 atom stereocenters. The maximum absolute atomic E-state index is 9.33. The van der Waals surface area contributed by atoms with Crippen molar-refractivity contribution in [3.05, 3.63) is 30.1 Å². The molecule has 1 fully saturated rings. The normalized spacial score (nSPS) is 24.8. The number of nitrogens with one attached hydrogen (secondary N) is 1. The number of aromatic nitrogens is 1. The molecule has 0 radical (unpaired) electrons. The summed E-state index contributed by atoms with van der Waals surface area (Å²) in [5, 5.41) is 12.9. The summed E-state index contributed by atoms with van der Waals surface area (Å²) in [6.07, 6.45) is 9.68. The van der Waals surface area contributed by atoms with E-state index in [2.05, 4.69) is 16.4 Å². The Kier molecular flexibility index (Phi) is 4.95. The third kappa shape index (κ3) is 3.79. The molecule has 2 unspecified atom stereocenters. The van der Waals surface area contributed by atoms with Crippen molar-refractivity contribution in [2.45, 2.75) is 38.1 Å². The quantitative estimate of drug-likeness (QED) is 0.816. The molecule has 0 aliphatic heterocycles. The maximum Gasteiger partial charge on any atom is 0.0474 e. The van der Waals surface area contributed by atoms with Crippen LogP contribution in [0.15, 0.2) is 24.5 Å². The molecule has 1 aliphatic rings. The highest BCUT2D eigenvalue weighted by molar-refractivity contribution is 5.08. The Morgan fingerprint density at radius 2 is 2.24 bits per heavy atom. The van der Waals surface area contributed by atoms with E-state index in [9.17, 15) is 5.11 Å². The molecule has 1 saturated carbocycles. The summed E-state index contributed by atoms with van der Waals surface area (Å²) in [4.78, 5) is 4.11. The molecule has 1 aromatic heterocycles. The number of rotatable bonds is 5. The molecule has 1 aliphatic carbocycles. The van der Waals surface area contributed by atoms with Crippen molar-refractivity contribution in [1.29, 1.82) is 0 Å². The lowest BCUT2D eigenvalue weighted by Crippen LogP contribution is -2.41. The number of pyridine rings is 1. The molecule has 0 aromatic carbocycles. The number of hydrogen-bond acceptors (Lipinski definition) is 3. The third-order valence-electron chi connectivity index (χ3n) is 3.69. The Labute approximate surface area is 103 Å². The van der Waals surface area contributed by atoms with Gasteiger partial charge in [-0.2, -0.15) is 0 Å². The van der Waals surface area contributed by atoms with Crippen molar-refractivity contribution in [3.8, 4) is 0 Å². The molecular formula is C14H22N2O. The minimum absolute atomic E-state index is 0.324. The highest BCUT2D eigenvalue weighted by Gasteiger charge is 2.23. The minimum Gasteiger partial charge on any atom is -0.396 e. The number of aliphatic hydroxyl groups is 1. The number of hydrogen-bond donors (Lipinski definition) is 2. The van der Waals surface area contributed by atoms with Crippen LogP contribution in [0.1, 0.15) is 31.2 Å². The summed E-state index contributed by atoms with van der Waals surface area (Å²) in [7, 11) is 0. The molecule has 3 nitrogen and oxygen atoms in total. The van der Waals surface area contributed by atoms with E-state index in [1.807, 2.05) is 12.3 Å². The van der Waals surface area contributed by atoms with Gasteiger partial charge in [-0.3, -0.25) is 4.98 Å². The van der Waals surface area contributed by atoms with Crippen LogP contribution in [0.5, 0.6) is 0 Å². The largest absolute Gasteiger partial charge is 0.396 e. The van der Waals surface area contributed by atoms with Gasteiger partial charge in [0.05, 0.1) is 0 Å². The van der Waals surface area contributed by atoms with Gasteiger partial charge in [0.1, 0.15) is 0 Å². The first-order chi connectivity index (χ1) is 8.40. The van der Waals surface area contributed by atoms with E-state index in [1.54, 1.807) is 6.20 Å². The summed E-state index contributed by atoms with van der Waals surface area (Å²) in [6.45, 7) is 1.30. The predicted octanol–water partition coefficient (Wildman–Crippen LogP) is 1.76. The van der Waals surface area contributed by atoms with Crippen LogP contribution in [0.4, 0.5) is 0 Å². The van der Waals surface area contributed by atoms with Gasteiger partial charge >= 0.3 is 0 Å². The van der Waals surface area contributed by atoms with E-state index in [-0.39, 0.29) is 0 Å². The molecule has 1 heterocycles. The molecule has 17 heavy (non-hydrogen) atoms. The van der Waals surface area contributed by atoms with Crippen LogP contribution in [-0.4, -0.2) is 29.3 Å². The summed E-state index contributed by atoms with van der Waals surface area (Å²) in [5.74, 6) is 0.456. The van der Waals surface area contributed by atoms with Crippen LogP contribution in [0, 0.1) is 5.92 Å². The lowest BCUT2D eigenvalue weighted by atomic mass is 9.85. The Bertz CT molecular complexity index is 315. The van der Waals surface area contributed by atoms with Crippen molar-refractivity contribution in [2.75, 3.05) is 13.2 Å². The second kappa shape index (κ2) is 6.72. The fourth-order valence-corrected chi connectivity index (χ4v) is 2.64. The van der Waals surface area contributed by atoms with Crippen molar-refractivity contribution in [3.63, 3.8) is 0 Å². The first-order valence-electron chi connectivity index (χ1n) is 6.63. The van der Waals surface area contributed by atoms with Gasteiger partial charge in [0.15, 0.2) is 0 Å². The Hall–Kier alpha value is -0.930. The van der Waals surface area contributed by atoms with Gasteiger partial charge < -0.3 is 10.4 Å². The molecule has 1 aromatic rings. The molecule has 0 spiro atoms. The summed E-state index contributed by atoms with van der Waals surface area (Å²) in [5.41, 5.74) is 1.27. The molecule has 94 valence electrons. The maximum atomic E-state index is 9.33. The first kappa shape index (κ1) is 12.5. The fourth-order valence-electron chi connectivity index (χ4n) is 2.64. The summed E-state index contributed by atoms with van der Waals surface area (Å²) in [6, 6.07) is 4.59. The fraction of sp³-hybridized carbons (Fsp3) is 0.643. The topological polar surface area (TPSA) is 45.1 Å². The van der Waals surface area contributed by atoms with E-state index in [0.29, 0.717) is 18.6 Å². The van der Waals surface area contributed by atoms with Crippen LogP contribution in [0.25, 0.3) is 0 Å². The molecule has 0 saturated heterocycles. The second-order valence-electron chi connectivity index (χ2n) is 4.90. The van der Waals surface area contributed by atoms with Crippen LogP contribution in [0.3, 0.4) is 0 Å². The number of nitrogens with zero attached hydrogens (tertiary/aromatic N) is 1. The van der Waals surface area contributed by atoms with Gasteiger partial charge in [-0.15, -0.1) is 0 Å². The highest BCUT2D eigenvalue weighted by atomic mass is 16.3. The van der Waals surface area contributed by atoms with Crippen molar-refractivity contribution < 1.29 is 5.11 Å². The monoisotopic (exact) mass is 234 g/mol.